The average molecular weight is 419 g/mol. The highest BCUT2D eigenvalue weighted by Gasteiger charge is 2.22. The lowest BCUT2D eigenvalue weighted by Gasteiger charge is -2.31. The molecule has 2 aromatic heterocycles. The molecule has 0 spiro atoms. The Morgan fingerprint density at radius 1 is 1.00 bits per heavy atom. The molecule has 162 valence electrons. The summed E-state index contributed by atoms with van der Waals surface area (Å²) in [4.78, 5) is 20.6. The lowest BCUT2D eigenvalue weighted by atomic mass is 9.93. The first-order chi connectivity index (χ1) is 15.1. The molecule has 7 nitrogen and oxygen atoms in total. The van der Waals surface area contributed by atoms with E-state index in [-0.39, 0.29) is 0 Å². The summed E-state index contributed by atoms with van der Waals surface area (Å²) in [5.74, 6) is 2.61. The first kappa shape index (κ1) is 21.2. The SMILES string of the molecule is COc1ccc(CCN2CCC(c3cncc(Nc4nc(C)cc(C)n4)n3)CC2)cc1. The van der Waals surface area contributed by atoms with Crippen LogP contribution in [0.25, 0.3) is 0 Å². The molecule has 0 bridgehead atoms. The van der Waals surface area contributed by atoms with E-state index in [4.69, 9.17) is 9.72 Å². The second-order valence-electron chi connectivity index (χ2n) is 8.14. The van der Waals surface area contributed by atoms with Gasteiger partial charge in [-0.1, -0.05) is 12.1 Å². The van der Waals surface area contributed by atoms with Gasteiger partial charge in [0, 0.05) is 30.0 Å². The molecule has 3 heterocycles. The monoisotopic (exact) mass is 418 g/mol. The quantitative estimate of drug-likeness (QED) is 0.620. The third kappa shape index (κ3) is 5.76. The van der Waals surface area contributed by atoms with Gasteiger partial charge in [-0.15, -0.1) is 0 Å². The van der Waals surface area contributed by atoms with E-state index in [9.17, 15) is 0 Å². The minimum absolute atomic E-state index is 0.437. The first-order valence-corrected chi connectivity index (χ1v) is 10.9. The van der Waals surface area contributed by atoms with Crippen LogP contribution in [0.1, 0.15) is 41.4 Å². The molecule has 0 atom stereocenters. The smallest absolute Gasteiger partial charge is 0.228 e. The molecule has 1 fully saturated rings. The van der Waals surface area contributed by atoms with Gasteiger partial charge >= 0.3 is 0 Å². The van der Waals surface area contributed by atoms with Gasteiger partial charge in [-0.3, -0.25) is 4.98 Å². The zero-order chi connectivity index (χ0) is 21.6. The van der Waals surface area contributed by atoms with E-state index in [0.717, 1.165) is 61.7 Å². The predicted octanol–water partition coefficient (Wildman–Crippen LogP) is 4.06. The van der Waals surface area contributed by atoms with Crippen molar-refractivity contribution in [3.63, 3.8) is 0 Å². The lowest BCUT2D eigenvalue weighted by molar-refractivity contribution is 0.213. The number of benzene rings is 1. The fraction of sp³-hybridized carbons (Fsp3) is 0.417. The Kier molecular flexibility index (Phi) is 6.72. The van der Waals surface area contributed by atoms with Crippen LogP contribution < -0.4 is 10.1 Å². The fourth-order valence-corrected chi connectivity index (χ4v) is 4.07. The Balaban J connectivity index is 1.30. The van der Waals surface area contributed by atoms with Crippen molar-refractivity contribution in [1.29, 1.82) is 0 Å². The number of nitrogens with zero attached hydrogens (tertiary/aromatic N) is 5. The summed E-state index contributed by atoms with van der Waals surface area (Å²) in [7, 11) is 1.70. The maximum absolute atomic E-state index is 5.24. The summed E-state index contributed by atoms with van der Waals surface area (Å²) in [5.41, 5.74) is 4.26. The highest BCUT2D eigenvalue weighted by Crippen LogP contribution is 2.27. The van der Waals surface area contributed by atoms with Gasteiger partial charge in [-0.05, 0) is 70.0 Å². The number of likely N-dealkylation sites (tertiary alicyclic amines) is 1. The number of piperidine rings is 1. The Morgan fingerprint density at radius 2 is 1.71 bits per heavy atom. The topological polar surface area (TPSA) is 76.1 Å². The van der Waals surface area contributed by atoms with Crippen molar-refractivity contribution in [2.45, 2.75) is 39.0 Å². The van der Waals surface area contributed by atoms with Gasteiger partial charge in [0.25, 0.3) is 0 Å². The highest BCUT2D eigenvalue weighted by molar-refractivity contribution is 5.46. The number of rotatable bonds is 7. The van der Waals surface area contributed by atoms with Crippen LogP contribution in [0.4, 0.5) is 11.8 Å². The Labute approximate surface area is 183 Å². The van der Waals surface area contributed by atoms with Crippen LogP contribution >= 0.6 is 0 Å². The van der Waals surface area contributed by atoms with Crippen LogP contribution in [0.5, 0.6) is 5.75 Å². The van der Waals surface area contributed by atoms with E-state index >= 15 is 0 Å². The number of hydrogen-bond acceptors (Lipinski definition) is 7. The van der Waals surface area contributed by atoms with Crippen LogP contribution in [0, 0.1) is 13.8 Å². The summed E-state index contributed by atoms with van der Waals surface area (Å²) >= 11 is 0. The Bertz CT molecular complexity index is 979. The van der Waals surface area contributed by atoms with E-state index in [1.165, 1.54) is 5.56 Å². The van der Waals surface area contributed by atoms with Crippen molar-refractivity contribution in [3.8, 4) is 5.75 Å². The Hall–Kier alpha value is -3.06. The molecule has 1 aromatic carbocycles. The van der Waals surface area contributed by atoms with Gasteiger partial charge < -0.3 is 15.0 Å². The third-order valence-electron chi connectivity index (χ3n) is 5.76. The molecule has 0 saturated carbocycles. The standard InChI is InChI=1S/C24H30N6O/c1-17-14-18(2)27-24(26-17)29-23-16-25-15-22(28-23)20-9-12-30(13-10-20)11-8-19-4-6-21(31-3)7-5-19/h4-7,14-16,20H,8-13H2,1-3H3,(H,26,27,28,29). The molecule has 31 heavy (non-hydrogen) atoms. The number of nitrogens with one attached hydrogen (secondary N) is 1. The third-order valence-corrected chi connectivity index (χ3v) is 5.76. The van der Waals surface area contributed by atoms with E-state index in [0.29, 0.717) is 17.7 Å². The van der Waals surface area contributed by atoms with Crippen molar-refractivity contribution in [1.82, 2.24) is 24.8 Å². The second-order valence-corrected chi connectivity index (χ2v) is 8.14. The maximum atomic E-state index is 5.24. The summed E-state index contributed by atoms with van der Waals surface area (Å²) in [6.45, 7) is 7.17. The molecule has 1 N–H and O–H groups in total. The van der Waals surface area contributed by atoms with Gasteiger partial charge in [-0.2, -0.15) is 0 Å². The number of ether oxygens (including phenoxy) is 1. The molecule has 3 aromatic rings. The van der Waals surface area contributed by atoms with Gasteiger partial charge in [0.2, 0.25) is 5.95 Å². The van der Waals surface area contributed by atoms with Crippen LogP contribution in [-0.4, -0.2) is 51.6 Å². The van der Waals surface area contributed by atoms with Crippen molar-refractivity contribution in [3.05, 3.63) is 65.4 Å². The maximum Gasteiger partial charge on any atom is 0.228 e. The predicted molar refractivity (Wildman–Crippen MR) is 122 cm³/mol. The van der Waals surface area contributed by atoms with Gasteiger partial charge in [0.15, 0.2) is 5.82 Å². The number of aryl methyl sites for hydroxylation is 2. The van der Waals surface area contributed by atoms with E-state index in [2.05, 4.69) is 37.3 Å². The second kappa shape index (κ2) is 9.83. The summed E-state index contributed by atoms with van der Waals surface area (Å²) in [6.07, 6.45) is 6.88. The highest BCUT2D eigenvalue weighted by atomic mass is 16.5. The van der Waals surface area contributed by atoms with E-state index < -0.39 is 0 Å². The molecule has 0 amide bonds. The van der Waals surface area contributed by atoms with Crippen LogP contribution in [0.3, 0.4) is 0 Å². The Morgan fingerprint density at radius 3 is 2.39 bits per heavy atom. The van der Waals surface area contributed by atoms with Gasteiger partial charge in [-0.25, -0.2) is 15.0 Å². The number of hydrogen-bond donors (Lipinski definition) is 1. The molecular weight excluding hydrogens is 388 g/mol. The van der Waals surface area contributed by atoms with E-state index in [1.807, 2.05) is 38.2 Å². The number of anilines is 2. The zero-order valence-corrected chi connectivity index (χ0v) is 18.5. The van der Waals surface area contributed by atoms with Crippen molar-refractivity contribution < 1.29 is 4.74 Å². The molecule has 7 heteroatoms. The summed E-state index contributed by atoms with van der Waals surface area (Å²) in [5, 5.41) is 3.21. The minimum Gasteiger partial charge on any atom is -0.497 e. The number of methoxy groups -OCH3 is 1. The van der Waals surface area contributed by atoms with Crippen molar-refractivity contribution >= 4 is 11.8 Å². The van der Waals surface area contributed by atoms with Gasteiger partial charge in [0.05, 0.1) is 19.0 Å². The van der Waals surface area contributed by atoms with Crippen LogP contribution in [0.2, 0.25) is 0 Å². The summed E-state index contributed by atoms with van der Waals surface area (Å²) < 4.78 is 5.24. The molecule has 0 unspecified atom stereocenters. The molecular formula is C24H30N6O. The summed E-state index contributed by atoms with van der Waals surface area (Å²) in [6, 6.07) is 10.3. The number of aromatic nitrogens is 4. The van der Waals surface area contributed by atoms with Crippen molar-refractivity contribution in [2.24, 2.45) is 0 Å². The molecule has 1 aliphatic rings. The zero-order valence-electron chi connectivity index (χ0n) is 18.5. The average Bonchev–Trinajstić information content (AvgIpc) is 2.78. The molecule has 0 radical (unpaired) electrons. The van der Waals surface area contributed by atoms with Crippen LogP contribution in [-0.2, 0) is 6.42 Å². The van der Waals surface area contributed by atoms with Crippen molar-refractivity contribution in [2.75, 3.05) is 32.1 Å². The largest absolute Gasteiger partial charge is 0.497 e. The van der Waals surface area contributed by atoms with E-state index in [1.54, 1.807) is 13.3 Å². The molecule has 1 aliphatic heterocycles. The molecule has 0 aliphatic carbocycles. The first-order valence-electron chi connectivity index (χ1n) is 10.9. The fourth-order valence-electron chi connectivity index (χ4n) is 4.07. The molecule has 4 rings (SSSR count). The van der Waals surface area contributed by atoms with Gasteiger partial charge in [0.1, 0.15) is 5.75 Å². The molecule has 1 saturated heterocycles. The minimum atomic E-state index is 0.437. The normalized spacial score (nSPS) is 15.1. The van der Waals surface area contributed by atoms with Crippen LogP contribution in [0.15, 0.2) is 42.7 Å². The lowest BCUT2D eigenvalue weighted by Crippen LogP contribution is -2.34.